The van der Waals surface area contributed by atoms with Crippen LogP contribution in [0.25, 0.3) is 0 Å². The van der Waals surface area contributed by atoms with Gasteiger partial charge in [-0.3, -0.25) is 9.48 Å². The fourth-order valence-corrected chi connectivity index (χ4v) is 4.12. The molecular weight excluding hydrogens is 420 g/mol. The van der Waals surface area contributed by atoms with Crippen LogP contribution in [0.15, 0.2) is 48.8 Å². The van der Waals surface area contributed by atoms with Gasteiger partial charge in [0.05, 0.1) is 12.2 Å². The SMILES string of the molecule is O=C(O)CCc1cccc(Nc2cc(Oc3cn(C4CC4)nc3C3CCOCC3)ccn2)c1. The summed E-state index contributed by atoms with van der Waals surface area (Å²) in [6.07, 6.45) is 8.59. The van der Waals surface area contributed by atoms with Crippen LogP contribution in [0.5, 0.6) is 11.5 Å². The molecule has 0 radical (unpaired) electrons. The van der Waals surface area contributed by atoms with E-state index in [4.69, 9.17) is 19.7 Å². The van der Waals surface area contributed by atoms with E-state index in [-0.39, 0.29) is 6.42 Å². The number of hydrogen-bond acceptors (Lipinski definition) is 6. The van der Waals surface area contributed by atoms with E-state index in [1.54, 1.807) is 6.20 Å². The molecule has 2 aromatic heterocycles. The third-order valence-corrected chi connectivity index (χ3v) is 6.04. The zero-order chi connectivity index (χ0) is 22.6. The number of aromatic nitrogens is 3. The summed E-state index contributed by atoms with van der Waals surface area (Å²) in [5.74, 6) is 1.71. The highest BCUT2D eigenvalue weighted by molar-refractivity contribution is 5.67. The van der Waals surface area contributed by atoms with Gasteiger partial charge in [0.15, 0.2) is 5.75 Å². The van der Waals surface area contributed by atoms with E-state index < -0.39 is 5.97 Å². The minimum atomic E-state index is -0.801. The molecule has 0 spiro atoms. The van der Waals surface area contributed by atoms with Crippen molar-refractivity contribution in [2.75, 3.05) is 18.5 Å². The predicted octanol–water partition coefficient (Wildman–Crippen LogP) is 5.06. The van der Waals surface area contributed by atoms with Gasteiger partial charge in [0.1, 0.15) is 17.3 Å². The number of nitrogens with zero attached hydrogens (tertiary/aromatic N) is 3. The van der Waals surface area contributed by atoms with Crippen LogP contribution in [0.3, 0.4) is 0 Å². The van der Waals surface area contributed by atoms with Crippen molar-refractivity contribution < 1.29 is 19.4 Å². The van der Waals surface area contributed by atoms with Gasteiger partial charge in [0.25, 0.3) is 0 Å². The molecule has 3 aromatic rings. The van der Waals surface area contributed by atoms with Crippen molar-refractivity contribution in [1.82, 2.24) is 14.8 Å². The number of carbonyl (C=O) groups is 1. The largest absolute Gasteiger partial charge is 0.481 e. The number of carboxylic acid groups (broad SMARTS) is 1. The maximum absolute atomic E-state index is 10.9. The first-order valence-corrected chi connectivity index (χ1v) is 11.5. The minimum Gasteiger partial charge on any atom is -0.481 e. The van der Waals surface area contributed by atoms with Crippen molar-refractivity contribution >= 4 is 17.5 Å². The molecule has 1 aliphatic carbocycles. The molecule has 33 heavy (non-hydrogen) atoms. The molecule has 0 atom stereocenters. The van der Waals surface area contributed by atoms with Gasteiger partial charge in [-0.15, -0.1) is 0 Å². The second-order valence-electron chi connectivity index (χ2n) is 8.67. The molecule has 172 valence electrons. The summed E-state index contributed by atoms with van der Waals surface area (Å²) >= 11 is 0. The number of aliphatic carboxylic acids is 1. The number of anilines is 2. The summed E-state index contributed by atoms with van der Waals surface area (Å²) in [5, 5.41) is 17.1. The quantitative estimate of drug-likeness (QED) is 0.472. The molecular formula is C25H28N4O4. The zero-order valence-electron chi connectivity index (χ0n) is 18.4. The molecule has 5 rings (SSSR count). The molecule has 0 unspecified atom stereocenters. The molecule has 1 saturated carbocycles. The van der Waals surface area contributed by atoms with Gasteiger partial charge in [0.2, 0.25) is 0 Å². The van der Waals surface area contributed by atoms with E-state index in [0.717, 1.165) is 48.7 Å². The Balaban J connectivity index is 1.32. The molecule has 8 nitrogen and oxygen atoms in total. The predicted molar refractivity (Wildman–Crippen MR) is 123 cm³/mol. The molecule has 1 saturated heterocycles. The molecule has 1 aromatic carbocycles. The van der Waals surface area contributed by atoms with E-state index in [1.165, 1.54) is 12.8 Å². The van der Waals surface area contributed by atoms with Gasteiger partial charge in [-0.1, -0.05) is 12.1 Å². The highest BCUT2D eigenvalue weighted by atomic mass is 16.5. The monoisotopic (exact) mass is 448 g/mol. The number of aryl methyl sites for hydroxylation is 1. The number of ether oxygens (including phenoxy) is 2. The molecule has 2 fully saturated rings. The Bertz CT molecular complexity index is 1120. The number of benzene rings is 1. The summed E-state index contributed by atoms with van der Waals surface area (Å²) < 4.78 is 13.9. The molecule has 0 bridgehead atoms. The molecule has 3 heterocycles. The Morgan fingerprint density at radius 3 is 2.82 bits per heavy atom. The summed E-state index contributed by atoms with van der Waals surface area (Å²) in [7, 11) is 0. The average molecular weight is 449 g/mol. The van der Waals surface area contributed by atoms with E-state index in [9.17, 15) is 4.79 Å². The van der Waals surface area contributed by atoms with Crippen LogP contribution in [-0.2, 0) is 16.0 Å². The Labute approximate surface area is 192 Å². The van der Waals surface area contributed by atoms with Crippen LogP contribution in [0, 0.1) is 0 Å². The second kappa shape index (κ2) is 9.62. The lowest BCUT2D eigenvalue weighted by molar-refractivity contribution is -0.136. The maximum Gasteiger partial charge on any atom is 0.303 e. The van der Waals surface area contributed by atoms with Crippen molar-refractivity contribution in [2.24, 2.45) is 0 Å². The summed E-state index contributed by atoms with van der Waals surface area (Å²) in [6, 6.07) is 11.9. The number of hydrogen-bond donors (Lipinski definition) is 2. The highest BCUT2D eigenvalue weighted by Crippen LogP contribution is 2.40. The van der Waals surface area contributed by atoms with Crippen molar-refractivity contribution in [1.29, 1.82) is 0 Å². The van der Waals surface area contributed by atoms with E-state index >= 15 is 0 Å². The van der Waals surface area contributed by atoms with E-state index in [2.05, 4.69) is 15.0 Å². The zero-order valence-corrected chi connectivity index (χ0v) is 18.4. The smallest absolute Gasteiger partial charge is 0.303 e. The molecule has 0 amide bonds. The maximum atomic E-state index is 10.9. The van der Waals surface area contributed by atoms with E-state index in [0.29, 0.717) is 29.9 Å². The van der Waals surface area contributed by atoms with Crippen molar-refractivity contribution in [3.63, 3.8) is 0 Å². The summed E-state index contributed by atoms with van der Waals surface area (Å²) in [6.45, 7) is 1.52. The average Bonchev–Trinajstić information content (AvgIpc) is 3.59. The summed E-state index contributed by atoms with van der Waals surface area (Å²) in [5.41, 5.74) is 2.83. The summed E-state index contributed by atoms with van der Waals surface area (Å²) in [4.78, 5) is 15.3. The van der Waals surface area contributed by atoms with Gasteiger partial charge >= 0.3 is 5.97 Å². The van der Waals surface area contributed by atoms with Crippen molar-refractivity contribution in [3.8, 4) is 11.5 Å². The van der Waals surface area contributed by atoms with Gasteiger partial charge < -0.3 is 19.9 Å². The Morgan fingerprint density at radius 1 is 1.18 bits per heavy atom. The van der Waals surface area contributed by atoms with Crippen LogP contribution in [-0.4, -0.2) is 39.1 Å². The number of pyridine rings is 1. The second-order valence-corrected chi connectivity index (χ2v) is 8.67. The highest BCUT2D eigenvalue weighted by Gasteiger charge is 2.29. The van der Waals surface area contributed by atoms with Crippen LogP contribution in [0.4, 0.5) is 11.5 Å². The lowest BCUT2D eigenvalue weighted by atomic mass is 9.96. The van der Waals surface area contributed by atoms with Crippen LogP contribution < -0.4 is 10.1 Å². The van der Waals surface area contributed by atoms with E-state index in [1.807, 2.05) is 42.6 Å². The van der Waals surface area contributed by atoms with Gasteiger partial charge in [-0.05, 0) is 55.9 Å². The third-order valence-electron chi connectivity index (χ3n) is 6.04. The minimum absolute atomic E-state index is 0.106. The first-order valence-electron chi connectivity index (χ1n) is 11.5. The van der Waals surface area contributed by atoms with Crippen LogP contribution in [0.2, 0.25) is 0 Å². The number of rotatable bonds is 9. The Hall–Kier alpha value is -3.39. The lowest BCUT2D eigenvalue weighted by Gasteiger charge is -2.21. The normalized spacial score (nSPS) is 16.5. The first kappa shape index (κ1) is 21.5. The fraction of sp³-hybridized carbons (Fsp3) is 0.400. The molecule has 2 N–H and O–H groups in total. The topological polar surface area (TPSA) is 98.5 Å². The van der Waals surface area contributed by atoms with Crippen LogP contribution >= 0.6 is 0 Å². The number of carboxylic acids is 1. The first-order chi connectivity index (χ1) is 16.1. The van der Waals surface area contributed by atoms with Gasteiger partial charge in [-0.2, -0.15) is 5.10 Å². The fourth-order valence-electron chi connectivity index (χ4n) is 4.12. The van der Waals surface area contributed by atoms with Crippen molar-refractivity contribution in [2.45, 2.75) is 50.5 Å². The Kier molecular flexibility index (Phi) is 6.26. The van der Waals surface area contributed by atoms with Gasteiger partial charge in [-0.25, -0.2) is 4.98 Å². The Morgan fingerprint density at radius 2 is 2.03 bits per heavy atom. The molecule has 2 aliphatic rings. The lowest BCUT2D eigenvalue weighted by Crippen LogP contribution is -2.15. The standard InChI is InChI=1S/C25H28N4O4/c30-24(31)7-4-17-2-1-3-19(14-17)27-23-15-21(8-11-26-23)33-22-16-29(20-5-6-20)28-25(22)18-9-12-32-13-10-18/h1-3,8,11,14-16,18,20H,4-7,9-10,12-13H2,(H,26,27)(H,30,31). The molecule has 1 aliphatic heterocycles. The van der Waals surface area contributed by atoms with Gasteiger partial charge in [0, 0.05) is 43.5 Å². The number of nitrogens with one attached hydrogen (secondary N) is 1. The third kappa shape index (κ3) is 5.51. The van der Waals surface area contributed by atoms with Crippen molar-refractivity contribution in [3.05, 3.63) is 60.0 Å². The van der Waals surface area contributed by atoms with Crippen LogP contribution in [0.1, 0.15) is 55.3 Å². The molecule has 8 heteroatoms.